The van der Waals surface area contributed by atoms with Crippen LogP contribution in [0.15, 0.2) is 36.5 Å². The van der Waals surface area contributed by atoms with E-state index in [1.165, 1.54) is 47.9 Å². The average Bonchev–Trinajstić information content (AvgIpc) is 2.94. The third kappa shape index (κ3) is 2.04. The number of benzene rings is 1. The van der Waals surface area contributed by atoms with Crippen LogP contribution in [0.4, 0.5) is 0 Å². The Morgan fingerprint density at radius 2 is 1.95 bits per heavy atom. The molecule has 112 valence electrons. The van der Waals surface area contributed by atoms with Crippen LogP contribution in [0, 0.1) is 6.92 Å². The summed E-state index contributed by atoms with van der Waals surface area (Å²) in [7, 11) is 0. The predicted octanol–water partition coefficient (Wildman–Crippen LogP) is 3.65. The summed E-state index contributed by atoms with van der Waals surface area (Å²) in [4.78, 5) is 4.89. The van der Waals surface area contributed by atoms with Crippen LogP contribution in [0.3, 0.4) is 0 Å². The molecule has 0 saturated heterocycles. The van der Waals surface area contributed by atoms with E-state index in [9.17, 15) is 0 Å². The third-order valence-electron chi connectivity index (χ3n) is 4.76. The van der Waals surface area contributed by atoms with Crippen LogP contribution in [0.25, 0.3) is 16.9 Å². The Kier molecular flexibility index (Phi) is 3.23. The van der Waals surface area contributed by atoms with Crippen LogP contribution in [-0.2, 0) is 19.4 Å². The highest BCUT2D eigenvalue weighted by molar-refractivity contribution is 5.69. The second-order valence-corrected chi connectivity index (χ2v) is 6.19. The van der Waals surface area contributed by atoms with Gasteiger partial charge in [-0.15, -0.1) is 0 Å². The van der Waals surface area contributed by atoms with Crippen molar-refractivity contribution in [2.75, 3.05) is 0 Å². The Hall–Kier alpha value is -2.13. The molecule has 0 saturated carbocycles. The molecule has 3 nitrogen and oxygen atoms in total. The second kappa shape index (κ2) is 5.25. The zero-order valence-electron chi connectivity index (χ0n) is 13.0. The first-order valence-electron chi connectivity index (χ1n) is 8.06. The number of hydrogen-bond acceptors (Lipinski definition) is 2. The Morgan fingerprint density at radius 3 is 2.77 bits per heavy atom. The van der Waals surface area contributed by atoms with Gasteiger partial charge >= 0.3 is 0 Å². The van der Waals surface area contributed by atoms with Crippen LogP contribution in [0.1, 0.15) is 35.2 Å². The molecule has 0 bridgehead atoms. The monoisotopic (exact) mass is 291 g/mol. The third-order valence-corrected chi connectivity index (χ3v) is 4.76. The first-order valence-corrected chi connectivity index (χ1v) is 8.06. The van der Waals surface area contributed by atoms with Gasteiger partial charge < -0.3 is 10.1 Å². The van der Waals surface area contributed by atoms with Crippen molar-refractivity contribution in [1.29, 1.82) is 0 Å². The first kappa shape index (κ1) is 13.5. The molecule has 1 aromatic carbocycles. The summed E-state index contributed by atoms with van der Waals surface area (Å²) < 4.78 is 2.13. The van der Waals surface area contributed by atoms with Gasteiger partial charge in [0.05, 0.1) is 11.4 Å². The van der Waals surface area contributed by atoms with E-state index in [0.717, 1.165) is 17.0 Å². The van der Waals surface area contributed by atoms with Crippen molar-refractivity contribution in [3.8, 4) is 11.3 Å². The Labute approximate surface area is 130 Å². The largest absolute Gasteiger partial charge is 0.325 e. The minimum Gasteiger partial charge on any atom is -0.325 e. The van der Waals surface area contributed by atoms with E-state index in [0.29, 0.717) is 6.54 Å². The SMILES string of the molecule is Cc1cccn2c(CN)c(-c3ccc4c(c3)CCCC4)nc12. The molecule has 2 heterocycles. The maximum absolute atomic E-state index is 6.03. The molecule has 2 aromatic heterocycles. The zero-order chi connectivity index (χ0) is 15.1. The standard InChI is InChI=1S/C19H21N3/c1-13-5-4-10-22-17(12-20)18(21-19(13)22)16-9-8-14-6-2-3-7-15(14)11-16/h4-5,8-11H,2-3,6-7,12,20H2,1H3. The van der Waals surface area contributed by atoms with Crippen LogP contribution in [0.2, 0.25) is 0 Å². The van der Waals surface area contributed by atoms with Crippen molar-refractivity contribution in [3.05, 3.63) is 58.9 Å². The maximum Gasteiger partial charge on any atom is 0.140 e. The molecule has 0 fully saturated rings. The lowest BCUT2D eigenvalue weighted by molar-refractivity contribution is 0.686. The number of fused-ring (bicyclic) bond motifs is 2. The highest BCUT2D eigenvalue weighted by Crippen LogP contribution is 2.30. The fraction of sp³-hybridized carbons (Fsp3) is 0.316. The number of pyridine rings is 1. The molecule has 0 spiro atoms. The van der Waals surface area contributed by atoms with Gasteiger partial charge in [-0.1, -0.05) is 18.2 Å². The molecule has 0 atom stereocenters. The number of nitrogens with zero attached hydrogens (tertiary/aromatic N) is 2. The quantitative estimate of drug-likeness (QED) is 0.783. The molecule has 0 aliphatic heterocycles. The lowest BCUT2D eigenvalue weighted by Gasteiger charge is -2.16. The van der Waals surface area contributed by atoms with Crippen LogP contribution >= 0.6 is 0 Å². The predicted molar refractivity (Wildman–Crippen MR) is 89.9 cm³/mol. The molecule has 3 aromatic rings. The normalized spacial score (nSPS) is 14.3. The van der Waals surface area contributed by atoms with Crippen LogP contribution in [0.5, 0.6) is 0 Å². The number of nitrogens with two attached hydrogens (primary N) is 1. The van der Waals surface area contributed by atoms with E-state index in [1.54, 1.807) is 0 Å². The van der Waals surface area contributed by atoms with Gasteiger partial charge in [0, 0.05) is 18.3 Å². The second-order valence-electron chi connectivity index (χ2n) is 6.19. The van der Waals surface area contributed by atoms with Crippen molar-refractivity contribution in [3.63, 3.8) is 0 Å². The summed E-state index contributed by atoms with van der Waals surface area (Å²) >= 11 is 0. The summed E-state index contributed by atoms with van der Waals surface area (Å²) in [5.74, 6) is 0. The van der Waals surface area contributed by atoms with E-state index in [-0.39, 0.29) is 0 Å². The van der Waals surface area contributed by atoms with Gasteiger partial charge in [-0.2, -0.15) is 0 Å². The molecule has 3 heteroatoms. The van der Waals surface area contributed by atoms with Gasteiger partial charge in [-0.25, -0.2) is 4.98 Å². The van der Waals surface area contributed by atoms with Crippen molar-refractivity contribution >= 4 is 5.65 Å². The maximum atomic E-state index is 6.03. The summed E-state index contributed by atoms with van der Waals surface area (Å²) in [6.45, 7) is 2.59. The van der Waals surface area contributed by atoms with Crippen molar-refractivity contribution in [1.82, 2.24) is 9.38 Å². The summed E-state index contributed by atoms with van der Waals surface area (Å²) in [5, 5.41) is 0. The van der Waals surface area contributed by atoms with Crippen molar-refractivity contribution in [2.45, 2.75) is 39.2 Å². The fourth-order valence-corrected chi connectivity index (χ4v) is 3.56. The van der Waals surface area contributed by atoms with Gasteiger partial charge in [0.1, 0.15) is 5.65 Å². The smallest absolute Gasteiger partial charge is 0.140 e. The lowest BCUT2D eigenvalue weighted by Crippen LogP contribution is -2.04. The number of imidazole rings is 1. The average molecular weight is 291 g/mol. The van der Waals surface area contributed by atoms with E-state index in [4.69, 9.17) is 10.7 Å². The molecule has 2 N–H and O–H groups in total. The molecule has 4 rings (SSSR count). The number of rotatable bonds is 2. The van der Waals surface area contributed by atoms with Gasteiger partial charge in [0.25, 0.3) is 0 Å². The highest BCUT2D eigenvalue weighted by Gasteiger charge is 2.16. The van der Waals surface area contributed by atoms with E-state index >= 15 is 0 Å². The fourth-order valence-electron chi connectivity index (χ4n) is 3.56. The van der Waals surface area contributed by atoms with Gasteiger partial charge in [-0.3, -0.25) is 0 Å². The Bertz CT molecular complexity index is 845. The Balaban J connectivity index is 1.92. The number of aromatic nitrogens is 2. The van der Waals surface area contributed by atoms with Gasteiger partial charge in [0.15, 0.2) is 0 Å². The van der Waals surface area contributed by atoms with Gasteiger partial charge in [-0.05, 0) is 61.4 Å². The molecule has 0 radical (unpaired) electrons. The first-order chi connectivity index (χ1) is 10.8. The Morgan fingerprint density at radius 1 is 1.14 bits per heavy atom. The molecular formula is C19H21N3. The summed E-state index contributed by atoms with van der Waals surface area (Å²) in [5.41, 5.74) is 14.5. The van der Waals surface area contributed by atoms with E-state index < -0.39 is 0 Å². The summed E-state index contributed by atoms with van der Waals surface area (Å²) in [6, 6.07) is 11.0. The number of hydrogen-bond donors (Lipinski definition) is 1. The summed E-state index contributed by atoms with van der Waals surface area (Å²) in [6.07, 6.45) is 7.06. The van der Waals surface area contributed by atoms with Crippen LogP contribution in [-0.4, -0.2) is 9.38 Å². The minimum atomic E-state index is 0.497. The zero-order valence-corrected chi connectivity index (χ0v) is 13.0. The molecular weight excluding hydrogens is 270 g/mol. The van der Waals surface area contributed by atoms with Crippen molar-refractivity contribution in [2.24, 2.45) is 5.73 Å². The van der Waals surface area contributed by atoms with E-state index in [2.05, 4.69) is 47.9 Å². The van der Waals surface area contributed by atoms with Crippen LogP contribution < -0.4 is 5.73 Å². The molecule has 1 aliphatic rings. The molecule has 22 heavy (non-hydrogen) atoms. The highest BCUT2D eigenvalue weighted by atomic mass is 15.0. The molecule has 0 unspecified atom stereocenters. The van der Waals surface area contributed by atoms with Crippen molar-refractivity contribution < 1.29 is 0 Å². The topological polar surface area (TPSA) is 43.3 Å². The lowest BCUT2D eigenvalue weighted by atomic mass is 9.90. The minimum absolute atomic E-state index is 0.497. The number of aryl methyl sites for hydroxylation is 3. The van der Waals surface area contributed by atoms with E-state index in [1.807, 2.05) is 0 Å². The molecule has 0 amide bonds. The van der Waals surface area contributed by atoms with Gasteiger partial charge in [0.2, 0.25) is 0 Å². The molecule has 1 aliphatic carbocycles.